The Morgan fingerprint density at radius 1 is 1.29 bits per heavy atom. The Hall–Kier alpha value is -0.830. The molecule has 0 saturated heterocycles. The van der Waals surface area contributed by atoms with Crippen LogP contribution in [0.5, 0.6) is 0 Å². The zero-order chi connectivity index (χ0) is 15.6. The van der Waals surface area contributed by atoms with Crippen molar-refractivity contribution in [3.8, 4) is 0 Å². The number of halogens is 3. The number of carbonyl (C=O) groups is 2. The van der Waals surface area contributed by atoms with E-state index in [4.69, 9.17) is 23.2 Å². The highest BCUT2D eigenvalue weighted by molar-refractivity contribution is 14.1. The van der Waals surface area contributed by atoms with Crippen LogP contribution in [0.25, 0.3) is 0 Å². The molecule has 2 rings (SSSR count). The Morgan fingerprint density at radius 3 is 2.67 bits per heavy atom. The van der Waals surface area contributed by atoms with Gasteiger partial charge in [0.2, 0.25) is 0 Å². The minimum absolute atomic E-state index is 0.345. The highest BCUT2D eigenvalue weighted by atomic mass is 127. The van der Waals surface area contributed by atoms with Gasteiger partial charge in [0.1, 0.15) is 4.88 Å². The van der Waals surface area contributed by atoms with E-state index < -0.39 is 5.97 Å². The van der Waals surface area contributed by atoms with Gasteiger partial charge in [-0.3, -0.25) is 4.79 Å². The maximum atomic E-state index is 12.2. The normalized spacial score (nSPS) is 10.3. The second-order valence-electron chi connectivity index (χ2n) is 3.86. The van der Waals surface area contributed by atoms with Crippen LogP contribution in [-0.4, -0.2) is 19.0 Å². The molecule has 1 aromatic heterocycles. The number of thiophene rings is 1. The van der Waals surface area contributed by atoms with Crippen molar-refractivity contribution in [2.45, 2.75) is 0 Å². The van der Waals surface area contributed by atoms with Gasteiger partial charge in [0, 0.05) is 8.59 Å². The van der Waals surface area contributed by atoms with Crippen LogP contribution in [0.15, 0.2) is 24.3 Å². The summed E-state index contributed by atoms with van der Waals surface area (Å²) in [6.07, 6.45) is 0. The summed E-state index contributed by atoms with van der Waals surface area (Å²) in [4.78, 5) is 24.0. The van der Waals surface area contributed by atoms with Gasteiger partial charge >= 0.3 is 5.97 Å². The first-order valence-electron chi connectivity index (χ1n) is 5.56. The molecule has 0 unspecified atom stereocenters. The predicted octanol–water partition coefficient (Wildman–Crippen LogP) is 4.70. The van der Waals surface area contributed by atoms with Crippen LogP contribution in [0.1, 0.15) is 20.0 Å². The molecule has 8 heteroatoms. The zero-order valence-electron chi connectivity index (χ0n) is 10.6. The Kier molecular flexibility index (Phi) is 5.48. The Balaban J connectivity index is 2.22. The number of rotatable bonds is 3. The molecule has 4 nitrogen and oxygen atoms in total. The quantitative estimate of drug-likeness (QED) is 0.414. The van der Waals surface area contributed by atoms with Crippen molar-refractivity contribution in [2.75, 3.05) is 12.4 Å². The number of anilines is 1. The zero-order valence-corrected chi connectivity index (χ0v) is 15.1. The van der Waals surface area contributed by atoms with Crippen molar-refractivity contribution in [1.82, 2.24) is 0 Å². The average Bonchev–Trinajstić information content (AvgIpc) is 2.90. The van der Waals surface area contributed by atoms with Gasteiger partial charge < -0.3 is 10.1 Å². The molecule has 1 heterocycles. The molecule has 1 amide bonds. The molecule has 0 spiro atoms. The van der Waals surface area contributed by atoms with E-state index in [2.05, 4.69) is 10.1 Å². The molecular weight excluding hydrogens is 448 g/mol. The molecular formula is C13H8Cl2INO3S. The summed E-state index contributed by atoms with van der Waals surface area (Å²) in [6.45, 7) is 0. The van der Waals surface area contributed by atoms with E-state index in [1.165, 1.54) is 7.11 Å². The first kappa shape index (κ1) is 16.5. The van der Waals surface area contributed by atoms with Gasteiger partial charge in [-0.2, -0.15) is 0 Å². The molecule has 0 saturated carbocycles. The van der Waals surface area contributed by atoms with E-state index >= 15 is 0 Å². The first-order valence-corrected chi connectivity index (χ1v) is 8.21. The standard InChI is InChI=1S/C13H8Cl2INO3S/c1-20-13(19)9-2-3-10(21-9)17-12(18)7-4-6(14)5-8(15)11(7)16/h2-5H,1H3,(H,17,18). The molecule has 110 valence electrons. The average molecular weight is 456 g/mol. The van der Waals surface area contributed by atoms with Crippen molar-refractivity contribution < 1.29 is 14.3 Å². The number of nitrogens with one attached hydrogen (secondary N) is 1. The summed E-state index contributed by atoms with van der Waals surface area (Å²) in [5, 5.41) is 4.03. The highest BCUT2D eigenvalue weighted by Gasteiger charge is 2.16. The monoisotopic (exact) mass is 455 g/mol. The number of amides is 1. The molecule has 0 aliphatic rings. The molecule has 0 aliphatic heterocycles. The molecule has 2 aromatic rings. The maximum Gasteiger partial charge on any atom is 0.348 e. The Bertz CT molecular complexity index is 717. The Morgan fingerprint density at radius 2 is 2.00 bits per heavy atom. The molecule has 0 fully saturated rings. The minimum atomic E-state index is -0.444. The topological polar surface area (TPSA) is 55.4 Å². The molecule has 0 aliphatic carbocycles. The minimum Gasteiger partial charge on any atom is -0.465 e. The summed E-state index contributed by atoms with van der Waals surface area (Å²) in [7, 11) is 1.30. The van der Waals surface area contributed by atoms with E-state index in [0.29, 0.717) is 29.1 Å². The van der Waals surface area contributed by atoms with Crippen LogP contribution < -0.4 is 5.32 Å². The van der Waals surface area contributed by atoms with Gasteiger partial charge in [0.25, 0.3) is 5.91 Å². The SMILES string of the molecule is COC(=O)c1ccc(NC(=O)c2cc(Cl)cc(Cl)c2I)s1. The Labute approximate surface area is 148 Å². The highest BCUT2D eigenvalue weighted by Crippen LogP contribution is 2.28. The van der Waals surface area contributed by atoms with Crippen LogP contribution >= 0.6 is 57.1 Å². The van der Waals surface area contributed by atoms with Crippen molar-refractivity contribution in [1.29, 1.82) is 0 Å². The molecule has 0 bridgehead atoms. The number of esters is 1. The number of methoxy groups -OCH3 is 1. The number of benzene rings is 1. The first-order chi connectivity index (χ1) is 9.92. The lowest BCUT2D eigenvalue weighted by Crippen LogP contribution is -2.12. The fourth-order valence-corrected chi connectivity index (χ4v) is 3.39. The molecule has 0 atom stereocenters. The van der Waals surface area contributed by atoms with E-state index in [0.717, 1.165) is 11.3 Å². The van der Waals surface area contributed by atoms with E-state index in [1.807, 2.05) is 22.6 Å². The van der Waals surface area contributed by atoms with Gasteiger partial charge in [0.15, 0.2) is 0 Å². The third kappa shape index (κ3) is 3.88. The largest absolute Gasteiger partial charge is 0.465 e. The third-order valence-electron chi connectivity index (χ3n) is 2.47. The molecule has 0 radical (unpaired) electrons. The van der Waals surface area contributed by atoms with Crippen LogP contribution in [0.3, 0.4) is 0 Å². The second kappa shape index (κ2) is 6.95. The fraction of sp³-hybridized carbons (Fsp3) is 0.0769. The summed E-state index contributed by atoms with van der Waals surface area (Å²) in [5.74, 6) is -0.789. The molecule has 1 aromatic carbocycles. The van der Waals surface area contributed by atoms with E-state index in [-0.39, 0.29) is 5.91 Å². The van der Waals surface area contributed by atoms with Gasteiger partial charge in [-0.15, -0.1) is 11.3 Å². The van der Waals surface area contributed by atoms with Crippen LogP contribution in [-0.2, 0) is 4.74 Å². The van der Waals surface area contributed by atoms with Crippen molar-refractivity contribution in [2.24, 2.45) is 0 Å². The maximum absolute atomic E-state index is 12.2. The smallest absolute Gasteiger partial charge is 0.348 e. The van der Waals surface area contributed by atoms with Crippen molar-refractivity contribution in [3.05, 3.63) is 48.3 Å². The lowest BCUT2D eigenvalue weighted by atomic mass is 10.2. The third-order valence-corrected chi connectivity index (χ3v) is 5.44. The van der Waals surface area contributed by atoms with Crippen LogP contribution in [0.2, 0.25) is 10.0 Å². The predicted molar refractivity (Wildman–Crippen MR) is 92.8 cm³/mol. The molecule has 21 heavy (non-hydrogen) atoms. The second-order valence-corrected chi connectivity index (χ2v) is 6.86. The van der Waals surface area contributed by atoms with Crippen LogP contribution in [0.4, 0.5) is 5.00 Å². The fourth-order valence-electron chi connectivity index (χ4n) is 1.52. The number of carbonyl (C=O) groups excluding carboxylic acids is 2. The van der Waals surface area contributed by atoms with E-state index in [9.17, 15) is 9.59 Å². The van der Waals surface area contributed by atoms with Gasteiger partial charge in [0.05, 0.1) is 22.7 Å². The van der Waals surface area contributed by atoms with E-state index in [1.54, 1.807) is 24.3 Å². The number of hydrogen-bond acceptors (Lipinski definition) is 4. The van der Waals surface area contributed by atoms with Gasteiger partial charge in [-0.1, -0.05) is 23.2 Å². The van der Waals surface area contributed by atoms with Crippen molar-refractivity contribution >= 4 is 74.0 Å². The lowest BCUT2D eigenvalue weighted by Gasteiger charge is -2.07. The van der Waals surface area contributed by atoms with Gasteiger partial charge in [-0.25, -0.2) is 4.79 Å². The van der Waals surface area contributed by atoms with Gasteiger partial charge in [-0.05, 0) is 46.9 Å². The number of ether oxygens (including phenoxy) is 1. The van der Waals surface area contributed by atoms with Crippen LogP contribution in [0, 0.1) is 3.57 Å². The summed E-state index contributed by atoms with van der Waals surface area (Å²) in [6, 6.07) is 6.33. The summed E-state index contributed by atoms with van der Waals surface area (Å²) < 4.78 is 5.22. The summed E-state index contributed by atoms with van der Waals surface area (Å²) >= 11 is 15.0. The lowest BCUT2D eigenvalue weighted by molar-refractivity contribution is 0.0606. The molecule has 1 N–H and O–H groups in total. The van der Waals surface area contributed by atoms with Crippen molar-refractivity contribution in [3.63, 3.8) is 0 Å². The number of hydrogen-bond donors (Lipinski definition) is 1. The summed E-state index contributed by atoms with van der Waals surface area (Å²) in [5.41, 5.74) is 0.376.